The van der Waals surface area contributed by atoms with Crippen molar-refractivity contribution >= 4 is 12.2 Å². The second-order valence-electron chi connectivity index (χ2n) is 5.52. The molecule has 0 aliphatic carbocycles. The van der Waals surface area contributed by atoms with Gasteiger partial charge in [0.2, 0.25) is 0 Å². The van der Waals surface area contributed by atoms with Gasteiger partial charge in [-0.3, -0.25) is 0 Å². The second-order valence-corrected chi connectivity index (χ2v) is 5.52. The van der Waals surface area contributed by atoms with Gasteiger partial charge in [-0.2, -0.15) is 0 Å². The smallest absolute Gasteiger partial charge is 0.409 e. The first kappa shape index (κ1) is 16.4. The molecule has 0 bridgehead atoms. The maximum absolute atomic E-state index is 10.7. The van der Waals surface area contributed by atoms with Crippen LogP contribution in [0.4, 0.5) is 9.59 Å². The van der Waals surface area contributed by atoms with E-state index in [1.54, 1.807) is 24.3 Å². The Bertz CT molecular complexity index is 645. The Hall–Kier alpha value is -3.02. The van der Waals surface area contributed by atoms with Gasteiger partial charge in [-0.05, 0) is 35.4 Å². The standard InChI is InChI=1S/C17H18N2O4/c1-17(2,11-3-7-13(8-4-11)22-15(18)20)12-5-9-14(10-6-12)23-16(19)21/h3-10H,1-2H3,(H2,18,20)(H2,19,21). The van der Waals surface area contributed by atoms with E-state index >= 15 is 0 Å². The Morgan fingerprint density at radius 1 is 0.739 bits per heavy atom. The average molecular weight is 314 g/mol. The predicted octanol–water partition coefficient (Wildman–Crippen LogP) is 2.93. The highest BCUT2D eigenvalue weighted by atomic mass is 16.6. The summed E-state index contributed by atoms with van der Waals surface area (Å²) in [5.74, 6) is 0.782. The molecule has 0 spiro atoms. The lowest BCUT2D eigenvalue weighted by Crippen LogP contribution is -2.20. The highest BCUT2D eigenvalue weighted by molar-refractivity contribution is 5.68. The minimum Gasteiger partial charge on any atom is -0.411 e. The Kier molecular flexibility index (Phi) is 4.55. The summed E-state index contributed by atoms with van der Waals surface area (Å²) < 4.78 is 9.64. The number of hydrogen-bond donors (Lipinski definition) is 2. The molecule has 23 heavy (non-hydrogen) atoms. The summed E-state index contributed by atoms with van der Waals surface area (Å²) in [5.41, 5.74) is 11.7. The summed E-state index contributed by atoms with van der Waals surface area (Å²) in [6, 6.07) is 14.2. The molecule has 2 aromatic rings. The first-order chi connectivity index (χ1) is 10.8. The number of amides is 2. The van der Waals surface area contributed by atoms with E-state index in [-0.39, 0.29) is 5.41 Å². The minimum atomic E-state index is -0.845. The van der Waals surface area contributed by atoms with E-state index in [0.717, 1.165) is 11.1 Å². The van der Waals surface area contributed by atoms with Gasteiger partial charge in [0.15, 0.2) is 0 Å². The largest absolute Gasteiger partial charge is 0.411 e. The summed E-state index contributed by atoms with van der Waals surface area (Å²) in [4.78, 5) is 21.5. The van der Waals surface area contributed by atoms with Crippen LogP contribution < -0.4 is 20.9 Å². The molecule has 0 aliphatic heterocycles. The van der Waals surface area contributed by atoms with E-state index in [4.69, 9.17) is 20.9 Å². The van der Waals surface area contributed by atoms with Crippen molar-refractivity contribution in [1.82, 2.24) is 0 Å². The van der Waals surface area contributed by atoms with Crippen LogP contribution >= 0.6 is 0 Å². The molecule has 4 N–H and O–H groups in total. The van der Waals surface area contributed by atoms with Gasteiger partial charge < -0.3 is 20.9 Å². The van der Waals surface area contributed by atoms with Crippen molar-refractivity contribution in [1.29, 1.82) is 0 Å². The fourth-order valence-corrected chi connectivity index (χ4v) is 2.28. The van der Waals surface area contributed by atoms with Crippen LogP contribution in [0.2, 0.25) is 0 Å². The van der Waals surface area contributed by atoms with Crippen molar-refractivity contribution in [2.75, 3.05) is 0 Å². The lowest BCUT2D eigenvalue weighted by Gasteiger charge is -2.26. The number of primary amides is 2. The fourth-order valence-electron chi connectivity index (χ4n) is 2.28. The molecule has 0 radical (unpaired) electrons. The zero-order valence-electron chi connectivity index (χ0n) is 12.9. The van der Waals surface area contributed by atoms with Crippen molar-refractivity contribution < 1.29 is 19.1 Å². The molecule has 0 aliphatic rings. The number of nitrogens with two attached hydrogens (primary N) is 2. The molecule has 0 unspecified atom stereocenters. The predicted molar refractivity (Wildman–Crippen MR) is 85.4 cm³/mol. The SMILES string of the molecule is CC(C)(c1ccc(OC(N)=O)cc1)c1ccc(OC(N)=O)cc1. The zero-order valence-corrected chi connectivity index (χ0v) is 12.9. The molecule has 2 amide bonds. The molecule has 6 nitrogen and oxygen atoms in total. The van der Waals surface area contributed by atoms with E-state index in [1.807, 2.05) is 24.3 Å². The van der Waals surface area contributed by atoms with Gasteiger partial charge in [0, 0.05) is 5.41 Å². The molecule has 0 saturated carbocycles. The van der Waals surface area contributed by atoms with Crippen molar-refractivity contribution in [3.8, 4) is 11.5 Å². The Balaban J connectivity index is 2.23. The van der Waals surface area contributed by atoms with Crippen molar-refractivity contribution in [2.24, 2.45) is 11.5 Å². The maximum atomic E-state index is 10.7. The van der Waals surface area contributed by atoms with Gasteiger partial charge in [-0.25, -0.2) is 9.59 Å². The number of hydrogen-bond acceptors (Lipinski definition) is 4. The zero-order chi connectivity index (χ0) is 17.0. The number of carbonyl (C=O) groups excluding carboxylic acids is 2. The van der Waals surface area contributed by atoms with Crippen LogP contribution in [0.15, 0.2) is 48.5 Å². The molecule has 2 aromatic carbocycles. The van der Waals surface area contributed by atoms with Crippen LogP contribution in [0.5, 0.6) is 11.5 Å². The van der Waals surface area contributed by atoms with E-state index in [2.05, 4.69) is 13.8 Å². The van der Waals surface area contributed by atoms with E-state index in [1.165, 1.54) is 0 Å². The van der Waals surface area contributed by atoms with Crippen molar-refractivity contribution in [3.63, 3.8) is 0 Å². The highest BCUT2D eigenvalue weighted by Crippen LogP contribution is 2.33. The third-order valence-electron chi connectivity index (χ3n) is 3.59. The van der Waals surface area contributed by atoms with Crippen molar-refractivity contribution in [2.45, 2.75) is 19.3 Å². The molecule has 2 rings (SSSR count). The Labute approximate surface area is 134 Å². The fraction of sp³-hybridized carbons (Fsp3) is 0.176. The van der Waals surface area contributed by atoms with Crippen LogP contribution in [0, 0.1) is 0 Å². The summed E-state index contributed by atoms with van der Waals surface area (Å²) in [6.07, 6.45) is -1.69. The van der Waals surface area contributed by atoms with Crippen molar-refractivity contribution in [3.05, 3.63) is 59.7 Å². The third kappa shape index (κ3) is 4.00. The monoisotopic (exact) mass is 314 g/mol. The number of rotatable bonds is 4. The Morgan fingerprint density at radius 2 is 1.04 bits per heavy atom. The first-order valence-corrected chi connectivity index (χ1v) is 6.94. The first-order valence-electron chi connectivity index (χ1n) is 6.94. The van der Waals surface area contributed by atoms with Crippen LogP contribution in [-0.4, -0.2) is 12.2 Å². The van der Waals surface area contributed by atoms with Crippen LogP contribution in [0.1, 0.15) is 25.0 Å². The molecule has 0 fully saturated rings. The second kappa shape index (κ2) is 6.39. The molecule has 0 atom stereocenters. The summed E-state index contributed by atoms with van der Waals surface area (Å²) in [7, 11) is 0. The number of ether oxygens (including phenoxy) is 2. The molecule has 0 aromatic heterocycles. The van der Waals surface area contributed by atoms with E-state index < -0.39 is 12.2 Å². The van der Waals surface area contributed by atoms with Crippen LogP contribution in [0.25, 0.3) is 0 Å². The lowest BCUT2D eigenvalue weighted by molar-refractivity contribution is 0.210. The van der Waals surface area contributed by atoms with E-state index in [9.17, 15) is 9.59 Å². The topological polar surface area (TPSA) is 105 Å². The minimum absolute atomic E-state index is 0.295. The summed E-state index contributed by atoms with van der Waals surface area (Å²) in [6.45, 7) is 4.11. The van der Waals surface area contributed by atoms with Gasteiger partial charge in [0.05, 0.1) is 0 Å². The highest BCUT2D eigenvalue weighted by Gasteiger charge is 2.23. The molecule has 0 heterocycles. The van der Waals surface area contributed by atoms with E-state index in [0.29, 0.717) is 11.5 Å². The van der Waals surface area contributed by atoms with Gasteiger partial charge in [-0.1, -0.05) is 38.1 Å². The van der Waals surface area contributed by atoms with Gasteiger partial charge in [0.1, 0.15) is 11.5 Å². The molecule has 0 saturated heterocycles. The quantitative estimate of drug-likeness (QED) is 0.905. The van der Waals surface area contributed by atoms with Gasteiger partial charge in [0.25, 0.3) is 0 Å². The summed E-state index contributed by atoms with van der Waals surface area (Å²) >= 11 is 0. The average Bonchev–Trinajstić information content (AvgIpc) is 2.47. The number of benzene rings is 2. The van der Waals surface area contributed by atoms with Crippen LogP contribution in [-0.2, 0) is 5.41 Å². The Morgan fingerprint density at radius 3 is 1.30 bits per heavy atom. The van der Waals surface area contributed by atoms with Gasteiger partial charge in [-0.15, -0.1) is 0 Å². The third-order valence-corrected chi connectivity index (χ3v) is 3.59. The van der Waals surface area contributed by atoms with Gasteiger partial charge >= 0.3 is 12.2 Å². The molecule has 120 valence electrons. The number of carbonyl (C=O) groups is 2. The van der Waals surface area contributed by atoms with Crippen LogP contribution in [0.3, 0.4) is 0 Å². The normalized spacial score (nSPS) is 10.9. The maximum Gasteiger partial charge on any atom is 0.409 e. The summed E-state index contributed by atoms with van der Waals surface area (Å²) in [5, 5.41) is 0. The molecule has 6 heteroatoms. The lowest BCUT2D eigenvalue weighted by atomic mass is 9.78. The molecular formula is C17H18N2O4. The molecular weight excluding hydrogens is 296 g/mol.